The van der Waals surface area contributed by atoms with E-state index in [1.165, 1.54) is 0 Å². The van der Waals surface area contributed by atoms with Gasteiger partial charge in [0.2, 0.25) is 0 Å². The van der Waals surface area contributed by atoms with E-state index in [0.717, 1.165) is 48.3 Å². The van der Waals surface area contributed by atoms with Crippen molar-refractivity contribution in [3.05, 3.63) is 60.3 Å². The fourth-order valence-electron chi connectivity index (χ4n) is 5.18. The number of rotatable bonds is 5. The van der Waals surface area contributed by atoms with Crippen molar-refractivity contribution in [3.63, 3.8) is 0 Å². The Hall–Kier alpha value is -2.93. The molecular formula is C28H33F2N3O2. The van der Waals surface area contributed by atoms with E-state index in [0.29, 0.717) is 11.7 Å². The van der Waals surface area contributed by atoms with Gasteiger partial charge < -0.3 is 19.1 Å². The fourth-order valence-corrected chi connectivity index (χ4v) is 5.18. The standard InChI is InChI=1S/C28H33F2N3O2/c1-20(2)31-14-10-23(11-15-31)35-24-8-9-25-21(18-24)19-26(33(25)22-6-4-3-5-7-22)27(34)32-16-12-28(29,30)13-17-32/h3-9,18-20,23H,10-17H2,1-2H3. The number of piperidine rings is 2. The predicted octanol–water partition coefficient (Wildman–Crippen LogP) is 5.75. The van der Waals surface area contributed by atoms with Crippen LogP contribution in [0, 0.1) is 0 Å². The number of hydrogen-bond donors (Lipinski definition) is 0. The van der Waals surface area contributed by atoms with Crippen LogP contribution in [0.15, 0.2) is 54.6 Å². The Morgan fingerprint density at radius 2 is 1.66 bits per heavy atom. The SMILES string of the molecule is CC(C)N1CCC(Oc2ccc3c(c2)cc(C(=O)N2CCC(F)(F)CC2)n3-c2ccccc2)CC1. The van der Waals surface area contributed by atoms with Gasteiger partial charge in [-0.2, -0.15) is 0 Å². The summed E-state index contributed by atoms with van der Waals surface area (Å²) in [6, 6.07) is 18.0. The third-order valence-electron chi connectivity index (χ3n) is 7.30. The quantitative estimate of drug-likeness (QED) is 0.466. The average Bonchev–Trinajstić information content (AvgIpc) is 3.23. The van der Waals surface area contributed by atoms with Gasteiger partial charge in [-0.1, -0.05) is 18.2 Å². The first-order valence-electron chi connectivity index (χ1n) is 12.6. The summed E-state index contributed by atoms with van der Waals surface area (Å²) in [5, 5.41) is 0.900. The summed E-state index contributed by atoms with van der Waals surface area (Å²) >= 11 is 0. The van der Waals surface area contributed by atoms with Crippen molar-refractivity contribution in [2.45, 2.75) is 57.6 Å². The number of carbonyl (C=O) groups is 1. The minimum Gasteiger partial charge on any atom is -0.490 e. The average molecular weight is 482 g/mol. The number of fused-ring (bicyclic) bond motifs is 1. The van der Waals surface area contributed by atoms with Crippen molar-refractivity contribution in [2.75, 3.05) is 26.2 Å². The van der Waals surface area contributed by atoms with Gasteiger partial charge in [0, 0.05) is 56.1 Å². The van der Waals surface area contributed by atoms with Crippen molar-refractivity contribution in [3.8, 4) is 11.4 Å². The molecule has 0 unspecified atom stereocenters. The highest BCUT2D eigenvalue weighted by molar-refractivity contribution is 6.00. The zero-order chi connectivity index (χ0) is 24.6. The second-order valence-corrected chi connectivity index (χ2v) is 10.0. The summed E-state index contributed by atoms with van der Waals surface area (Å²) in [7, 11) is 0. The monoisotopic (exact) mass is 481 g/mol. The van der Waals surface area contributed by atoms with Gasteiger partial charge in [0.15, 0.2) is 0 Å². The van der Waals surface area contributed by atoms with Gasteiger partial charge in [-0.15, -0.1) is 0 Å². The molecule has 0 bridgehead atoms. The molecule has 0 spiro atoms. The maximum atomic E-state index is 13.7. The summed E-state index contributed by atoms with van der Waals surface area (Å²) in [6.07, 6.45) is 1.57. The number of carbonyl (C=O) groups excluding carboxylic acids is 1. The van der Waals surface area contributed by atoms with Crippen molar-refractivity contribution in [2.24, 2.45) is 0 Å². The molecule has 7 heteroatoms. The molecule has 3 aromatic rings. The lowest BCUT2D eigenvalue weighted by Gasteiger charge is -2.34. The number of benzene rings is 2. The molecular weight excluding hydrogens is 448 g/mol. The van der Waals surface area contributed by atoms with Crippen LogP contribution in [0.25, 0.3) is 16.6 Å². The van der Waals surface area contributed by atoms with E-state index in [-0.39, 0.29) is 37.9 Å². The van der Waals surface area contributed by atoms with Gasteiger partial charge in [0.25, 0.3) is 11.8 Å². The molecule has 2 saturated heterocycles. The van der Waals surface area contributed by atoms with Crippen LogP contribution < -0.4 is 4.74 Å². The molecule has 186 valence electrons. The topological polar surface area (TPSA) is 37.7 Å². The first-order valence-corrected chi connectivity index (χ1v) is 12.6. The van der Waals surface area contributed by atoms with Crippen LogP contribution in [-0.2, 0) is 0 Å². The number of amides is 1. The number of ether oxygens (including phenoxy) is 1. The van der Waals surface area contributed by atoms with E-state index in [4.69, 9.17) is 4.74 Å². The molecule has 1 aromatic heterocycles. The lowest BCUT2D eigenvalue weighted by Crippen LogP contribution is -2.43. The van der Waals surface area contributed by atoms with E-state index < -0.39 is 5.92 Å². The molecule has 0 aliphatic carbocycles. The zero-order valence-electron chi connectivity index (χ0n) is 20.4. The van der Waals surface area contributed by atoms with E-state index in [9.17, 15) is 13.6 Å². The van der Waals surface area contributed by atoms with E-state index in [2.05, 4.69) is 18.7 Å². The van der Waals surface area contributed by atoms with Gasteiger partial charge in [0.1, 0.15) is 17.5 Å². The first-order chi connectivity index (χ1) is 16.8. The van der Waals surface area contributed by atoms with Gasteiger partial charge >= 0.3 is 0 Å². The van der Waals surface area contributed by atoms with Crippen LogP contribution in [0.4, 0.5) is 8.78 Å². The van der Waals surface area contributed by atoms with Crippen LogP contribution in [-0.4, -0.2) is 64.5 Å². The normalized spacial score (nSPS) is 19.4. The summed E-state index contributed by atoms with van der Waals surface area (Å²) < 4.78 is 35.6. The second kappa shape index (κ2) is 9.61. The van der Waals surface area contributed by atoms with E-state index in [1.54, 1.807) is 4.90 Å². The predicted molar refractivity (Wildman–Crippen MR) is 134 cm³/mol. The minimum atomic E-state index is -2.69. The Balaban J connectivity index is 1.43. The molecule has 0 atom stereocenters. The lowest BCUT2D eigenvalue weighted by atomic mass is 10.1. The Kier molecular flexibility index (Phi) is 6.53. The number of likely N-dealkylation sites (tertiary alicyclic amines) is 2. The smallest absolute Gasteiger partial charge is 0.270 e. The Morgan fingerprint density at radius 1 is 0.971 bits per heavy atom. The fraction of sp³-hybridized carbons (Fsp3) is 0.464. The molecule has 1 amide bonds. The van der Waals surface area contributed by atoms with Crippen LogP contribution in [0.3, 0.4) is 0 Å². The van der Waals surface area contributed by atoms with Crippen molar-refractivity contribution < 1.29 is 18.3 Å². The van der Waals surface area contributed by atoms with Crippen LogP contribution in [0.5, 0.6) is 5.75 Å². The highest BCUT2D eigenvalue weighted by Gasteiger charge is 2.36. The Bertz CT molecular complexity index is 1170. The summed E-state index contributed by atoms with van der Waals surface area (Å²) in [5.41, 5.74) is 2.24. The van der Waals surface area contributed by atoms with Gasteiger partial charge in [-0.3, -0.25) is 4.79 Å². The number of nitrogens with zero attached hydrogens (tertiary/aromatic N) is 3. The van der Waals surface area contributed by atoms with Crippen molar-refractivity contribution in [1.82, 2.24) is 14.4 Å². The zero-order valence-corrected chi connectivity index (χ0v) is 20.4. The maximum absolute atomic E-state index is 13.7. The van der Waals surface area contributed by atoms with Crippen molar-refractivity contribution >= 4 is 16.8 Å². The molecule has 3 heterocycles. The minimum absolute atomic E-state index is 0.0611. The molecule has 0 saturated carbocycles. The molecule has 5 nitrogen and oxygen atoms in total. The highest BCUT2D eigenvalue weighted by Crippen LogP contribution is 2.32. The number of halogens is 2. The van der Waals surface area contributed by atoms with Gasteiger partial charge in [0.05, 0.1) is 5.52 Å². The third kappa shape index (κ3) is 5.06. The molecule has 0 N–H and O–H groups in total. The van der Waals surface area contributed by atoms with Crippen LogP contribution in [0.1, 0.15) is 50.0 Å². The molecule has 2 aliphatic heterocycles. The number of alkyl halides is 2. The molecule has 5 rings (SSSR count). The number of hydrogen-bond acceptors (Lipinski definition) is 3. The Morgan fingerprint density at radius 3 is 2.31 bits per heavy atom. The Labute approximate surface area is 205 Å². The molecule has 2 aliphatic rings. The summed E-state index contributed by atoms with van der Waals surface area (Å²) in [4.78, 5) is 17.5. The largest absolute Gasteiger partial charge is 0.490 e. The molecule has 2 fully saturated rings. The van der Waals surface area contributed by atoms with Crippen LogP contribution in [0.2, 0.25) is 0 Å². The van der Waals surface area contributed by atoms with Crippen molar-refractivity contribution in [1.29, 1.82) is 0 Å². The summed E-state index contributed by atoms with van der Waals surface area (Å²) in [5.74, 6) is -2.12. The summed E-state index contributed by atoms with van der Waals surface area (Å²) in [6.45, 7) is 6.63. The maximum Gasteiger partial charge on any atom is 0.270 e. The molecule has 35 heavy (non-hydrogen) atoms. The van der Waals surface area contributed by atoms with Crippen LogP contribution >= 0.6 is 0 Å². The second-order valence-electron chi connectivity index (χ2n) is 10.0. The number of aromatic nitrogens is 1. The molecule has 2 aromatic carbocycles. The van der Waals surface area contributed by atoms with E-state index >= 15 is 0 Å². The van der Waals surface area contributed by atoms with E-state index in [1.807, 2.05) is 59.2 Å². The van der Waals surface area contributed by atoms with Gasteiger partial charge in [-0.25, -0.2) is 8.78 Å². The third-order valence-corrected chi connectivity index (χ3v) is 7.30. The van der Waals surface area contributed by atoms with Gasteiger partial charge in [-0.05, 0) is 63.1 Å². The highest BCUT2D eigenvalue weighted by atomic mass is 19.3. The first kappa shape index (κ1) is 23.8. The lowest BCUT2D eigenvalue weighted by molar-refractivity contribution is -0.0495. The number of para-hydroxylation sites is 1. The molecule has 0 radical (unpaired) electrons.